The molecule has 3 N–H and O–H groups in total. The second-order valence-corrected chi connectivity index (χ2v) is 7.93. The van der Waals surface area contributed by atoms with Crippen molar-refractivity contribution in [1.29, 1.82) is 0 Å². The average molecular weight is 395 g/mol. The van der Waals surface area contributed by atoms with Gasteiger partial charge < -0.3 is 15.4 Å². The Morgan fingerprint density at radius 1 is 1.14 bits per heavy atom. The van der Waals surface area contributed by atoms with Crippen LogP contribution in [0.25, 0.3) is 11.0 Å². The molecule has 4 rings (SSSR count). The molecule has 0 unspecified atom stereocenters. The maximum atomic E-state index is 13.2. The van der Waals surface area contributed by atoms with Gasteiger partial charge in [0.05, 0.1) is 11.0 Å². The first-order valence-corrected chi connectivity index (χ1v) is 10.3. The van der Waals surface area contributed by atoms with Gasteiger partial charge in [-0.2, -0.15) is 0 Å². The van der Waals surface area contributed by atoms with Gasteiger partial charge in [-0.05, 0) is 43.0 Å². The number of hydrogen-bond donors (Lipinski definition) is 3. The lowest BCUT2D eigenvalue weighted by atomic mass is 10.0. The number of phenols is 1. The number of fused-ring (bicyclic) bond motifs is 1. The largest absolute Gasteiger partial charge is 0.508 e. The van der Waals surface area contributed by atoms with Crippen LogP contribution in [0.5, 0.6) is 5.75 Å². The normalized spacial score (nSPS) is 15.3. The van der Waals surface area contributed by atoms with Gasteiger partial charge in [0, 0.05) is 30.2 Å². The minimum Gasteiger partial charge on any atom is -0.508 e. The summed E-state index contributed by atoms with van der Waals surface area (Å²) in [5, 5.41) is 13.0. The van der Waals surface area contributed by atoms with Crippen LogP contribution in [0.3, 0.4) is 0 Å². The van der Waals surface area contributed by atoms with E-state index < -0.39 is 5.82 Å². The maximum absolute atomic E-state index is 13.2. The molecule has 1 aromatic heterocycles. The molecule has 3 aromatic rings. The number of imidazole rings is 1. The molecular formula is C23H26FN3O2. The lowest BCUT2D eigenvalue weighted by molar-refractivity contribution is 0.0946. The third kappa shape index (κ3) is 4.75. The van der Waals surface area contributed by atoms with E-state index in [-0.39, 0.29) is 11.7 Å². The summed E-state index contributed by atoms with van der Waals surface area (Å²) < 4.78 is 13.2. The van der Waals surface area contributed by atoms with Gasteiger partial charge in [0.2, 0.25) is 0 Å². The SMILES string of the molecule is O=C(NCC1CCCCCC1)c1ccc2nc(Cc3ccc(F)cc3O)[nH]c2c1. The number of hydrogen-bond acceptors (Lipinski definition) is 3. The van der Waals surface area contributed by atoms with E-state index in [1.165, 1.54) is 44.6 Å². The predicted molar refractivity (Wildman–Crippen MR) is 110 cm³/mol. The van der Waals surface area contributed by atoms with E-state index in [1.807, 2.05) is 6.07 Å². The summed E-state index contributed by atoms with van der Waals surface area (Å²) in [5.74, 6) is 0.591. The van der Waals surface area contributed by atoms with Gasteiger partial charge in [-0.1, -0.05) is 31.7 Å². The smallest absolute Gasteiger partial charge is 0.251 e. The molecule has 1 aliphatic carbocycles. The van der Waals surface area contributed by atoms with Crippen LogP contribution in [0, 0.1) is 11.7 Å². The second-order valence-electron chi connectivity index (χ2n) is 7.93. The second kappa shape index (κ2) is 8.64. The quantitative estimate of drug-likeness (QED) is 0.548. The zero-order chi connectivity index (χ0) is 20.2. The van der Waals surface area contributed by atoms with Gasteiger partial charge in [0.25, 0.3) is 5.91 Å². The molecular weight excluding hydrogens is 369 g/mol. The van der Waals surface area contributed by atoms with Gasteiger partial charge >= 0.3 is 0 Å². The number of aromatic hydroxyl groups is 1. The number of H-pyrrole nitrogens is 1. The standard InChI is InChI=1S/C23H26FN3O2/c24-18-9-7-16(21(28)13-18)12-22-26-19-10-8-17(11-20(19)27-22)23(29)25-14-15-5-3-1-2-4-6-15/h7-11,13,15,28H,1-6,12,14H2,(H,25,29)(H,26,27). The van der Waals surface area contributed by atoms with Gasteiger partial charge in [-0.3, -0.25) is 4.79 Å². The molecule has 6 heteroatoms. The predicted octanol–water partition coefficient (Wildman–Crippen LogP) is 4.70. The third-order valence-corrected chi connectivity index (χ3v) is 5.72. The Kier molecular flexibility index (Phi) is 5.79. The molecule has 2 aromatic carbocycles. The van der Waals surface area contributed by atoms with Crippen molar-refractivity contribution in [3.8, 4) is 5.75 Å². The summed E-state index contributed by atoms with van der Waals surface area (Å²) in [6.45, 7) is 0.731. The average Bonchev–Trinajstić information content (AvgIpc) is 2.92. The topological polar surface area (TPSA) is 78.0 Å². The number of carbonyl (C=O) groups excluding carboxylic acids is 1. The monoisotopic (exact) mass is 395 g/mol. The van der Waals surface area contributed by atoms with Gasteiger partial charge in [0.1, 0.15) is 17.4 Å². The van der Waals surface area contributed by atoms with Crippen LogP contribution in [0.2, 0.25) is 0 Å². The molecule has 29 heavy (non-hydrogen) atoms. The first-order chi connectivity index (χ1) is 14.1. The summed E-state index contributed by atoms with van der Waals surface area (Å²) in [6, 6.07) is 9.36. The van der Waals surface area contributed by atoms with E-state index in [0.29, 0.717) is 29.3 Å². The zero-order valence-electron chi connectivity index (χ0n) is 16.4. The number of aromatic nitrogens is 2. The molecule has 152 valence electrons. The number of nitrogens with zero attached hydrogens (tertiary/aromatic N) is 1. The highest BCUT2D eigenvalue weighted by atomic mass is 19.1. The Morgan fingerprint density at radius 2 is 1.93 bits per heavy atom. The Bertz CT molecular complexity index is 1010. The fourth-order valence-corrected chi connectivity index (χ4v) is 4.06. The number of benzene rings is 2. The van der Waals surface area contributed by atoms with Gasteiger partial charge in [-0.25, -0.2) is 9.37 Å². The highest BCUT2D eigenvalue weighted by Crippen LogP contribution is 2.23. The van der Waals surface area contributed by atoms with Crippen LogP contribution in [0.4, 0.5) is 4.39 Å². The van der Waals surface area contributed by atoms with Crippen molar-refractivity contribution in [1.82, 2.24) is 15.3 Å². The molecule has 1 aliphatic rings. The highest BCUT2D eigenvalue weighted by molar-refractivity contribution is 5.97. The van der Waals surface area contributed by atoms with Gasteiger partial charge in [0.15, 0.2) is 0 Å². The molecule has 0 saturated heterocycles. The van der Waals surface area contributed by atoms with Crippen molar-refractivity contribution >= 4 is 16.9 Å². The molecule has 1 heterocycles. The summed E-state index contributed by atoms with van der Waals surface area (Å²) in [5.41, 5.74) is 2.71. The van der Waals surface area contributed by atoms with Crippen LogP contribution >= 0.6 is 0 Å². The van der Waals surface area contributed by atoms with E-state index >= 15 is 0 Å². The molecule has 0 spiro atoms. The molecule has 5 nitrogen and oxygen atoms in total. The minimum absolute atomic E-state index is 0.0662. The molecule has 1 fully saturated rings. The Morgan fingerprint density at radius 3 is 2.69 bits per heavy atom. The number of halogens is 1. The number of carbonyl (C=O) groups is 1. The fourth-order valence-electron chi connectivity index (χ4n) is 4.06. The Labute approximate surface area is 169 Å². The first-order valence-electron chi connectivity index (χ1n) is 10.3. The molecule has 0 radical (unpaired) electrons. The summed E-state index contributed by atoms with van der Waals surface area (Å²) in [6.07, 6.45) is 7.86. The highest BCUT2D eigenvalue weighted by Gasteiger charge is 2.15. The fraction of sp³-hybridized carbons (Fsp3) is 0.391. The van der Waals surface area contributed by atoms with Crippen LogP contribution in [0.15, 0.2) is 36.4 Å². The Hall–Kier alpha value is -2.89. The molecule has 1 amide bonds. The van der Waals surface area contributed by atoms with Crippen molar-refractivity contribution in [2.24, 2.45) is 5.92 Å². The van der Waals surface area contributed by atoms with Crippen molar-refractivity contribution in [2.45, 2.75) is 44.9 Å². The van der Waals surface area contributed by atoms with Gasteiger partial charge in [-0.15, -0.1) is 0 Å². The van der Waals surface area contributed by atoms with E-state index in [4.69, 9.17) is 0 Å². The maximum Gasteiger partial charge on any atom is 0.251 e. The van der Waals surface area contributed by atoms with Crippen molar-refractivity contribution < 1.29 is 14.3 Å². The Balaban J connectivity index is 1.44. The lowest BCUT2D eigenvalue weighted by Crippen LogP contribution is -2.29. The number of phenolic OH excluding ortho intramolecular Hbond substituents is 1. The number of aromatic amines is 1. The number of amides is 1. The minimum atomic E-state index is -0.477. The van der Waals surface area contributed by atoms with Crippen LogP contribution < -0.4 is 5.32 Å². The van der Waals surface area contributed by atoms with Crippen molar-refractivity contribution in [2.75, 3.05) is 6.54 Å². The zero-order valence-corrected chi connectivity index (χ0v) is 16.4. The molecule has 0 atom stereocenters. The van der Waals surface area contributed by atoms with E-state index in [9.17, 15) is 14.3 Å². The van der Waals surface area contributed by atoms with Crippen molar-refractivity contribution in [3.05, 3.63) is 59.2 Å². The van der Waals surface area contributed by atoms with E-state index in [1.54, 1.807) is 18.2 Å². The third-order valence-electron chi connectivity index (χ3n) is 5.72. The summed E-state index contributed by atoms with van der Waals surface area (Å²) in [7, 11) is 0. The van der Waals surface area contributed by atoms with E-state index in [0.717, 1.165) is 23.6 Å². The summed E-state index contributed by atoms with van der Waals surface area (Å²) in [4.78, 5) is 20.3. The van der Waals surface area contributed by atoms with E-state index in [2.05, 4.69) is 15.3 Å². The molecule has 1 saturated carbocycles. The first kappa shape index (κ1) is 19.4. The number of nitrogens with one attached hydrogen (secondary N) is 2. The van der Waals surface area contributed by atoms with Crippen LogP contribution in [0.1, 0.15) is 60.3 Å². The lowest BCUT2D eigenvalue weighted by Gasteiger charge is -2.14. The van der Waals surface area contributed by atoms with Crippen LogP contribution in [-0.2, 0) is 6.42 Å². The van der Waals surface area contributed by atoms with Crippen LogP contribution in [-0.4, -0.2) is 27.5 Å². The molecule has 0 aliphatic heterocycles. The summed E-state index contributed by atoms with van der Waals surface area (Å²) >= 11 is 0. The van der Waals surface area contributed by atoms with Crippen molar-refractivity contribution in [3.63, 3.8) is 0 Å². The number of rotatable bonds is 5. The molecule has 0 bridgehead atoms.